The standard InChI is InChI=1S/C29H26N4O/c1-3-10-22(11-4-1)27(23-12-5-2-6-13-23)32-17-19-33(20-18-32)29-24-14-7-8-15-25(24)30-28(31-29)26-16-9-21-34-26/h1-16,21,27H,17-20H2. The monoisotopic (exact) mass is 446 g/mol. The topological polar surface area (TPSA) is 45.4 Å². The smallest absolute Gasteiger partial charge is 0.198 e. The molecule has 6 rings (SSSR count). The molecule has 2 aromatic heterocycles. The van der Waals surface area contributed by atoms with Crippen LogP contribution < -0.4 is 4.90 Å². The molecule has 0 saturated carbocycles. The van der Waals surface area contributed by atoms with Crippen molar-refractivity contribution in [2.45, 2.75) is 6.04 Å². The van der Waals surface area contributed by atoms with Crippen molar-refractivity contribution in [3.63, 3.8) is 0 Å². The molecule has 0 N–H and O–H groups in total. The molecule has 0 radical (unpaired) electrons. The summed E-state index contributed by atoms with van der Waals surface area (Å²) in [5.74, 6) is 2.30. The maximum Gasteiger partial charge on any atom is 0.198 e. The van der Waals surface area contributed by atoms with Crippen molar-refractivity contribution in [2.24, 2.45) is 0 Å². The number of fused-ring (bicyclic) bond motifs is 1. The summed E-state index contributed by atoms with van der Waals surface area (Å²) in [6.07, 6.45) is 1.67. The van der Waals surface area contributed by atoms with Gasteiger partial charge in [-0.25, -0.2) is 9.97 Å². The highest BCUT2D eigenvalue weighted by Gasteiger charge is 2.28. The van der Waals surface area contributed by atoms with E-state index in [2.05, 4.69) is 82.6 Å². The zero-order valence-corrected chi connectivity index (χ0v) is 18.9. The minimum Gasteiger partial charge on any atom is -0.461 e. The highest BCUT2D eigenvalue weighted by Crippen LogP contribution is 2.32. The molecule has 0 aliphatic carbocycles. The van der Waals surface area contributed by atoms with Gasteiger partial charge < -0.3 is 9.32 Å². The van der Waals surface area contributed by atoms with Gasteiger partial charge in [-0.05, 0) is 35.4 Å². The normalized spacial score (nSPS) is 14.7. The first-order chi connectivity index (χ1) is 16.9. The van der Waals surface area contributed by atoms with E-state index in [4.69, 9.17) is 14.4 Å². The largest absolute Gasteiger partial charge is 0.461 e. The highest BCUT2D eigenvalue weighted by atomic mass is 16.3. The second kappa shape index (κ2) is 9.12. The lowest BCUT2D eigenvalue weighted by atomic mass is 9.96. The van der Waals surface area contributed by atoms with Crippen molar-refractivity contribution < 1.29 is 4.42 Å². The van der Waals surface area contributed by atoms with Gasteiger partial charge in [-0.3, -0.25) is 4.90 Å². The molecule has 5 nitrogen and oxygen atoms in total. The fourth-order valence-corrected chi connectivity index (χ4v) is 4.89. The van der Waals surface area contributed by atoms with Crippen molar-refractivity contribution >= 4 is 16.7 Å². The van der Waals surface area contributed by atoms with Crippen LogP contribution in [0.15, 0.2) is 108 Å². The molecular weight excluding hydrogens is 420 g/mol. The fraction of sp³-hybridized carbons (Fsp3) is 0.172. The molecule has 0 amide bonds. The lowest BCUT2D eigenvalue weighted by molar-refractivity contribution is 0.212. The Balaban J connectivity index is 1.31. The molecule has 0 atom stereocenters. The van der Waals surface area contributed by atoms with E-state index in [1.807, 2.05) is 24.3 Å². The van der Waals surface area contributed by atoms with Crippen molar-refractivity contribution in [3.8, 4) is 11.6 Å². The fourth-order valence-electron chi connectivity index (χ4n) is 4.89. The number of rotatable bonds is 5. The van der Waals surface area contributed by atoms with Gasteiger partial charge in [-0.2, -0.15) is 0 Å². The summed E-state index contributed by atoms with van der Waals surface area (Å²) in [5.41, 5.74) is 3.59. The first-order valence-corrected chi connectivity index (χ1v) is 11.8. The van der Waals surface area contributed by atoms with Gasteiger partial charge in [-0.1, -0.05) is 72.8 Å². The van der Waals surface area contributed by atoms with Crippen LogP contribution in [0.3, 0.4) is 0 Å². The van der Waals surface area contributed by atoms with Crippen LogP contribution in [0.2, 0.25) is 0 Å². The number of anilines is 1. The van der Waals surface area contributed by atoms with Crippen LogP contribution in [0, 0.1) is 0 Å². The van der Waals surface area contributed by atoms with E-state index in [-0.39, 0.29) is 6.04 Å². The first kappa shape index (κ1) is 20.6. The lowest BCUT2D eigenvalue weighted by Crippen LogP contribution is -2.48. The Bertz CT molecular complexity index is 1320. The lowest BCUT2D eigenvalue weighted by Gasteiger charge is -2.40. The number of piperazine rings is 1. The first-order valence-electron chi connectivity index (χ1n) is 11.8. The number of furan rings is 1. The SMILES string of the molecule is c1ccc(C(c2ccccc2)N2CCN(c3nc(-c4ccco4)nc4ccccc34)CC2)cc1. The molecular formula is C29H26N4O. The number of para-hydroxylation sites is 1. The molecule has 1 aliphatic heterocycles. The van der Waals surface area contributed by atoms with E-state index in [9.17, 15) is 0 Å². The second-order valence-corrected chi connectivity index (χ2v) is 8.61. The van der Waals surface area contributed by atoms with Crippen molar-refractivity contribution in [2.75, 3.05) is 31.1 Å². The number of aromatic nitrogens is 2. The Labute approximate surface area is 199 Å². The Morgan fingerprint density at radius 1 is 0.647 bits per heavy atom. The summed E-state index contributed by atoms with van der Waals surface area (Å²) in [4.78, 5) is 14.7. The van der Waals surface area contributed by atoms with Crippen molar-refractivity contribution in [1.82, 2.24) is 14.9 Å². The third-order valence-corrected chi connectivity index (χ3v) is 6.53. The van der Waals surface area contributed by atoms with Gasteiger partial charge in [0, 0.05) is 31.6 Å². The van der Waals surface area contributed by atoms with E-state index < -0.39 is 0 Å². The molecule has 0 unspecified atom stereocenters. The minimum absolute atomic E-state index is 0.241. The molecule has 34 heavy (non-hydrogen) atoms. The second-order valence-electron chi connectivity index (χ2n) is 8.61. The van der Waals surface area contributed by atoms with Crippen LogP contribution in [0.25, 0.3) is 22.5 Å². The van der Waals surface area contributed by atoms with Crippen molar-refractivity contribution in [3.05, 3.63) is 114 Å². The van der Waals surface area contributed by atoms with Gasteiger partial charge in [-0.15, -0.1) is 0 Å². The molecule has 168 valence electrons. The van der Waals surface area contributed by atoms with Crippen LogP contribution in [-0.4, -0.2) is 41.0 Å². The maximum absolute atomic E-state index is 5.61. The van der Waals surface area contributed by atoms with E-state index in [1.165, 1.54) is 11.1 Å². The molecule has 0 spiro atoms. The predicted molar refractivity (Wildman–Crippen MR) is 136 cm³/mol. The quantitative estimate of drug-likeness (QED) is 0.341. The van der Waals surface area contributed by atoms with Gasteiger partial charge in [0.1, 0.15) is 5.82 Å². The molecule has 0 bridgehead atoms. The summed E-state index contributed by atoms with van der Waals surface area (Å²) >= 11 is 0. The molecule has 1 saturated heterocycles. The van der Waals surface area contributed by atoms with Crippen LogP contribution in [0.1, 0.15) is 17.2 Å². The van der Waals surface area contributed by atoms with Crippen LogP contribution in [0.5, 0.6) is 0 Å². The summed E-state index contributed by atoms with van der Waals surface area (Å²) in [5, 5.41) is 1.08. The van der Waals surface area contributed by atoms with Crippen LogP contribution in [0.4, 0.5) is 5.82 Å². The summed E-state index contributed by atoms with van der Waals surface area (Å²) < 4.78 is 5.61. The van der Waals surface area contributed by atoms with Crippen LogP contribution in [-0.2, 0) is 0 Å². The Morgan fingerprint density at radius 2 is 1.29 bits per heavy atom. The van der Waals surface area contributed by atoms with Gasteiger partial charge in [0.15, 0.2) is 11.6 Å². The molecule has 1 fully saturated rings. The van der Waals surface area contributed by atoms with Gasteiger partial charge in [0.25, 0.3) is 0 Å². The van der Waals surface area contributed by atoms with E-state index in [0.717, 1.165) is 42.9 Å². The molecule has 5 heteroatoms. The molecule has 3 heterocycles. The Morgan fingerprint density at radius 3 is 1.94 bits per heavy atom. The van der Waals surface area contributed by atoms with Gasteiger partial charge in [0.05, 0.1) is 17.8 Å². The average Bonchev–Trinajstić information content (AvgIpc) is 3.45. The Kier molecular flexibility index (Phi) is 5.53. The Hall–Kier alpha value is -3.96. The van der Waals surface area contributed by atoms with E-state index in [0.29, 0.717) is 11.6 Å². The molecule has 5 aromatic rings. The van der Waals surface area contributed by atoms with Crippen LogP contribution >= 0.6 is 0 Å². The van der Waals surface area contributed by atoms with E-state index >= 15 is 0 Å². The third kappa shape index (κ3) is 3.95. The third-order valence-electron chi connectivity index (χ3n) is 6.53. The van der Waals surface area contributed by atoms with E-state index in [1.54, 1.807) is 6.26 Å². The zero-order chi connectivity index (χ0) is 22.7. The van der Waals surface area contributed by atoms with Crippen molar-refractivity contribution in [1.29, 1.82) is 0 Å². The zero-order valence-electron chi connectivity index (χ0n) is 18.9. The predicted octanol–water partition coefficient (Wildman–Crippen LogP) is 5.80. The number of nitrogens with zero attached hydrogens (tertiary/aromatic N) is 4. The number of hydrogen-bond acceptors (Lipinski definition) is 5. The summed E-state index contributed by atoms with van der Waals surface area (Å²) in [6.45, 7) is 3.69. The highest BCUT2D eigenvalue weighted by molar-refractivity contribution is 5.90. The summed E-state index contributed by atoms with van der Waals surface area (Å²) in [7, 11) is 0. The van der Waals surface area contributed by atoms with Gasteiger partial charge in [0.2, 0.25) is 0 Å². The van der Waals surface area contributed by atoms with Gasteiger partial charge >= 0.3 is 0 Å². The molecule has 1 aliphatic rings. The number of benzene rings is 3. The number of hydrogen-bond donors (Lipinski definition) is 0. The minimum atomic E-state index is 0.241. The summed E-state index contributed by atoms with van der Waals surface area (Å²) in [6, 6.07) is 33.9. The molecule has 3 aromatic carbocycles. The average molecular weight is 447 g/mol. The maximum atomic E-state index is 5.61.